The van der Waals surface area contributed by atoms with E-state index < -0.39 is 0 Å². The summed E-state index contributed by atoms with van der Waals surface area (Å²) in [6, 6.07) is 4.45. The summed E-state index contributed by atoms with van der Waals surface area (Å²) in [7, 11) is 0. The zero-order valence-corrected chi connectivity index (χ0v) is 10.5. The molecule has 0 bridgehead atoms. The van der Waals surface area contributed by atoms with Crippen LogP contribution in [0.4, 0.5) is 4.39 Å². The minimum absolute atomic E-state index is 0.0601. The van der Waals surface area contributed by atoms with Gasteiger partial charge in [-0.1, -0.05) is 0 Å². The molecular weight excluding hydrogens is 231 g/mol. The van der Waals surface area contributed by atoms with Crippen molar-refractivity contribution in [2.24, 2.45) is 0 Å². The third-order valence-corrected chi connectivity index (χ3v) is 2.94. The Morgan fingerprint density at radius 3 is 2.89 bits per heavy atom. The maximum Gasteiger partial charge on any atom is 0.159 e. The van der Waals surface area contributed by atoms with E-state index in [1.54, 1.807) is 12.3 Å². The maximum atomic E-state index is 13.7. The number of hydrogen-bond donors (Lipinski definition) is 0. The molecule has 1 aromatic carbocycles. The van der Waals surface area contributed by atoms with E-state index in [0.717, 1.165) is 12.4 Å². The van der Waals surface area contributed by atoms with Crippen molar-refractivity contribution in [3.8, 4) is 0 Å². The van der Waals surface area contributed by atoms with Crippen LogP contribution in [-0.4, -0.2) is 15.3 Å². The van der Waals surface area contributed by atoms with Crippen molar-refractivity contribution in [2.75, 3.05) is 0 Å². The number of hydrogen-bond acceptors (Lipinski definition) is 2. The second-order valence-corrected chi connectivity index (χ2v) is 4.17. The molecule has 0 aliphatic rings. The molecule has 2 aromatic rings. The average molecular weight is 246 g/mol. The van der Waals surface area contributed by atoms with Gasteiger partial charge in [0, 0.05) is 30.9 Å². The number of halogens is 1. The molecule has 0 aliphatic carbocycles. The van der Waals surface area contributed by atoms with Gasteiger partial charge in [0.25, 0.3) is 0 Å². The number of nitrogens with zero attached hydrogens (tertiary/aromatic N) is 2. The summed E-state index contributed by atoms with van der Waals surface area (Å²) in [5.41, 5.74) is 1.03. The highest BCUT2D eigenvalue weighted by molar-refractivity contribution is 5.94. The predicted molar refractivity (Wildman–Crippen MR) is 67.1 cm³/mol. The first-order chi connectivity index (χ1) is 8.61. The lowest BCUT2D eigenvalue weighted by Gasteiger charge is -2.07. The van der Waals surface area contributed by atoms with Gasteiger partial charge in [-0.2, -0.15) is 0 Å². The van der Waals surface area contributed by atoms with Crippen LogP contribution in [0.5, 0.6) is 0 Å². The Labute approximate surface area is 105 Å². The van der Waals surface area contributed by atoms with E-state index in [9.17, 15) is 9.18 Å². The molecule has 3 nitrogen and oxygen atoms in total. The minimum Gasteiger partial charge on any atom is -0.335 e. The summed E-state index contributed by atoms with van der Waals surface area (Å²) in [6.07, 6.45) is 3.96. The molecule has 0 unspecified atom stereocenters. The van der Waals surface area contributed by atoms with Crippen LogP contribution in [0.3, 0.4) is 0 Å². The van der Waals surface area contributed by atoms with Gasteiger partial charge in [0.05, 0.1) is 0 Å². The van der Waals surface area contributed by atoms with Crippen LogP contribution in [0.1, 0.15) is 35.6 Å². The van der Waals surface area contributed by atoms with Gasteiger partial charge < -0.3 is 4.57 Å². The average Bonchev–Trinajstić information content (AvgIpc) is 2.79. The molecule has 0 fully saturated rings. The van der Waals surface area contributed by atoms with E-state index in [2.05, 4.69) is 4.98 Å². The number of imidazole rings is 1. The Morgan fingerprint density at radius 1 is 1.44 bits per heavy atom. The summed E-state index contributed by atoms with van der Waals surface area (Å²) in [5, 5.41) is 0. The first-order valence-corrected chi connectivity index (χ1v) is 5.91. The van der Waals surface area contributed by atoms with Gasteiger partial charge in [-0.15, -0.1) is 0 Å². The van der Waals surface area contributed by atoms with Crippen LogP contribution < -0.4 is 0 Å². The highest BCUT2D eigenvalue weighted by Crippen LogP contribution is 2.15. The lowest BCUT2D eigenvalue weighted by atomic mass is 10.0. The van der Waals surface area contributed by atoms with Gasteiger partial charge in [0.15, 0.2) is 5.78 Å². The van der Waals surface area contributed by atoms with Crippen LogP contribution in [-0.2, 0) is 13.0 Å². The normalized spacial score (nSPS) is 10.6. The monoisotopic (exact) mass is 246 g/mol. The Kier molecular flexibility index (Phi) is 3.55. The van der Waals surface area contributed by atoms with E-state index in [1.807, 2.05) is 17.7 Å². The molecule has 94 valence electrons. The molecule has 1 heterocycles. The molecule has 2 rings (SSSR count). The molecule has 0 atom stereocenters. The fraction of sp³-hybridized carbons (Fsp3) is 0.286. The Morgan fingerprint density at radius 2 is 2.22 bits per heavy atom. The first kappa shape index (κ1) is 12.5. The molecule has 0 amide bonds. The second kappa shape index (κ2) is 5.12. The van der Waals surface area contributed by atoms with Crippen molar-refractivity contribution in [2.45, 2.75) is 26.8 Å². The van der Waals surface area contributed by atoms with E-state index in [1.165, 1.54) is 19.1 Å². The van der Waals surface area contributed by atoms with E-state index in [-0.39, 0.29) is 11.6 Å². The minimum atomic E-state index is -0.300. The molecule has 0 spiro atoms. The fourth-order valence-electron chi connectivity index (χ4n) is 1.89. The molecule has 1 aromatic heterocycles. The van der Waals surface area contributed by atoms with Crippen molar-refractivity contribution < 1.29 is 9.18 Å². The van der Waals surface area contributed by atoms with E-state index >= 15 is 0 Å². The molecule has 0 saturated heterocycles. The SMILES string of the molecule is CCn1ccnc1Cc1cc(C(C)=O)ccc1F. The predicted octanol–water partition coefficient (Wildman–Crippen LogP) is 2.84. The third-order valence-electron chi connectivity index (χ3n) is 2.94. The number of ketones is 1. The summed E-state index contributed by atoms with van der Waals surface area (Å²) >= 11 is 0. The molecular formula is C14H15FN2O. The number of rotatable bonds is 4. The number of aromatic nitrogens is 2. The number of aryl methyl sites for hydroxylation is 1. The van der Waals surface area contributed by atoms with Crippen molar-refractivity contribution in [1.29, 1.82) is 0 Å². The van der Waals surface area contributed by atoms with E-state index in [0.29, 0.717) is 17.5 Å². The standard InChI is InChI=1S/C14H15FN2O/c1-3-17-7-6-16-14(17)9-12-8-11(10(2)18)4-5-13(12)15/h4-8H,3,9H2,1-2H3. The van der Waals surface area contributed by atoms with Gasteiger partial charge in [-0.25, -0.2) is 9.37 Å². The third kappa shape index (κ3) is 2.47. The summed E-state index contributed by atoms with van der Waals surface area (Å²) in [4.78, 5) is 15.5. The smallest absolute Gasteiger partial charge is 0.159 e. The number of Topliss-reactive ketones (excluding diaryl/α,β-unsaturated/α-hetero) is 1. The highest BCUT2D eigenvalue weighted by Gasteiger charge is 2.10. The van der Waals surface area contributed by atoms with Crippen LogP contribution in [0, 0.1) is 5.82 Å². The highest BCUT2D eigenvalue weighted by atomic mass is 19.1. The lowest BCUT2D eigenvalue weighted by molar-refractivity contribution is 0.101. The van der Waals surface area contributed by atoms with E-state index in [4.69, 9.17) is 0 Å². The van der Waals surface area contributed by atoms with Crippen LogP contribution >= 0.6 is 0 Å². The first-order valence-electron chi connectivity index (χ1n) is 5.91. The zero-order valence-electron chi connectivity index (χ0n) is 10.5. The van der Waals surface area contributed by atoms with Gasteiger partial charge in [-0.05, 0) is 37.6 Å². The van der Waals surface area contributed by atoms with Crippen molar-refractivity contribution in [3.05, 3.63) is 53.4 Å². The van der Waals surface area contributed by atoms with Gasteiger partial charge >= 0.3 is 0 Å². The number of carbonyl (C=O) groups excluding carboxylic acids is 1. The van der Waals surface area contributed by atoms with Crippen molar-refractivity contribution in [3.63, 3.8) is 0 Å². The lowest BCUT2D eigenvalue weighted by Crippen LogP contribution is -2.04. The molecule has 18 heavy (non-hydrogen) atoms. The van der Waals surface area contributed by atoms with Gasteiger partial charge in [-0.3, -0.25) is 4.79 Å². The van der Waals surface area contributed by atoms with Crippen LogP contribution in [0.15, 0.2) is 30.6 Å². The molecule has 0 radical (unpaired) electrons. The maximum absolute atomic E-state index is 13.7. The molecule has 0 saturated carbocycles. The topological polar surface area (TPSA) is 34.9 Å². The Balaban J connectivity index is 2.33. The van der Waals surface area contributed by atoms with Crippen LogP contribution in [0.25, 0.3) is 0 Å². The Hall–Kier alpha value is -1.97. The Bertz CT molecular complexity index is 575. The summed E-state index contributed by atoms with van der Waals surface area (Å²) in [6.45, 7) is 4.28. The molecule has 0 N–H and O–H groups in total. The van der Waals surface area contributed by atoms with Crippen molar-refractivity contribution in [1.82, 2.24) is 9.55 Å². The van der Waals surface area contributed by atoms with Crippen molar-refractivity contribution >= 4 is 5.78 Å². The second-order valence-electron chi connectivity index (χ2n) is 4.17. The van der Waals surface area contributed by atoms with Gasteiger partial charge in [0.1, 0.15) is 11.6 Å². The van der Waals surface area contributed by atoms with Gasteiger partial charge in [0.2, 0.25) is 0 Å². The summed E-state index contributed by atoms with van der Waals surface area (Å²) in [5.74, 6) is 0.442. The zero-order chi connectivity index (χ0) is 13.1. The number of benzene rings is 1. The molecule has 0 aliphatic heterocycles. The molecule has 4 heteroatoms. The largest absolute Gasteiger partial charge is 0.335 e. The van der Waals surface area contributed by atoms with Crippen LogP contribution in [0.2, 0.25) is 0 Å². The number of carbonyl (C=O) groups is 1. The summed E-state index contributed by atoms with van der Waals surface area (Å²) < 4.78 is 15.7. The quantitative estimate of drug-likeness (QED) is 0.777. The fourth-order valence-corrected chi connectivity index (χ4v) is 1.89.